The van der Waals surface area contributed by atoms with Gasteiger partial charge in [0.05, 0.1) is 12.2 Å². The molecule has 2 aromatic rings. The van der Waals surface area contributed by atoms with Gasteiger partial charge in [0, 0.05) is 6.20 Å². The van der Waals surface area contributed by atoms with Crippen molar-refractivity contribution in [3.63, 3.8) is 0 Å². The number of urea groups is 1. The first-order chi connectivity index (χ1) is 11.8. The Hall–Kier alpha value is -2.72. The number of sulfonamides is 1. The molecule has 1 aromatic heterocycles. The van der Waals surface area contributed by atoms with Gasteiger partial charge in [0.25, 0.3) is 10.0 Å². The number of rotatable bonds is 5. The van der Waals surface area contributed by atoms with Gasteiger partial charge >= 0.3 is 12.0 Å². The second-order valence-corrected chi connectivity index (χ2v) is 6.52. The van der Waals surface area contributed by atoms with Gasteiger partial charge in [-0.2, -0.15) is 0 Å². The lowest BCUT2D eigenvalue weighted by Crippen LogP contribution is -2.35. The zero-order chi connectivity index (χ0) is 18.4. The van der Waals surface area contributed by atoms with Gasteiger partial charge in [-0.05, 0) is 25.1 Å². The summed E-state index contributed by atoms with van der Waals surface area (Å²) in [6, 6.07) is 5.63. The van der Waals surface area contributed by atoms with Crippen LogP contribution in [0, 0.1) is 0 Å². The van der Waals surface area contributed by atoms with Crippen LogP contribution in [0.4, 0.5) is 10.7 Å². The summed E-state index contributed by atoms with van der Waals surface area (Å²) >= 11 is 5.65. The Balaban J connectivity index is 2.22. The van der Waals surface area contributed by atoms with Gasteiger partial charge in [0.15, 0.2) is 0 Å². The summed E-state index contributed by atoms with van der Waals surface area (Å²) in [5.74, 6) is -0.999. The standard InChI is InChI=1S/C14H13ClN4O5S/c1-2-24-12(20)9-5-3-4-6-10(9)25(22,23)19-14(21)18-13-16-8-7-11(15)17-13/h3-8H,2H2,1H3,(H2,16,17,18,19,21). The highest BCUT2D eigenvalue weighted by molar-refractivity contribution is 7.90. The van der Waals surface area contributed by atoms with E-state index in [0.717, 1.165) is 0 Å². The largest absolute Gasteiger partial charge is 0.462 e. The molecule has 2 rings (SSSR count). The highest BCUT2D eigenvalue weighted by atomic mass is 35.5. The molecule has 0 atom stereocenters. The van der Waals surface area contributed by atoms with E-state index in [1.807, 2.05) is 0 Å². The van der Waals surface area contributed by atoms with Gasteiger partial charge in [0.2, 0.25) is 5.95 Å². The lowest BCUT2D eigenvalue weighted by Gasteiger charge is -2.11. The second-order valence-electron chi connectivity index (χ2n) is 4.48. The van der Waals surface area contributed by atoms with Gasteiger partial charge < -0.3 is 4.74 Å². The highest BCUT2D eigenvalue weighted by Crippen LogP contribution is 2.16. The van der Waals surface area contributed by atoms with E-state index in [2.05, 4.69) is 15.3 Å². The first-order valence-electron chi connectivity index (χ1n) is 6.92. The Morgan fingerprint density at radius 3 is 2.64 bits per heavy atom. The summed E-state index contributed by atoms with van der Waals surface area (Å²) in [7, 11) is -4.34. The predicted molar refractivity (Wildman–Crippen MR) is 88.8 cm³/mol. The van der Waals surface area contributed by atoms with Gasteiger partial charge in [-0.3, -0.25) is 5.32 Å². The normalized spacial score (nSPS) is 10.8. The molecule has 0 aliphatic rings. The van der Waals surface area contributed by atoms with Crippen LogP contribution in [0.5, 0.6) is 0 Å². The number of carbonyl (C=O) groups excluding carboxylic acids is 2. The van der Waals surface area contributed by atoms with Crippen molar-refractivity contribution in [1.82, 2.24) is 14.7 Å². The Morgan fingerprint density at radius 1 is 1.24 bits per heavy atom. The first kappa shape index (κ1) is 18.6. The van der Waals surface area contributed by atoms with Crippen molar-refractivity contribution in [2.24, 2.45) is 0 Å². The molecule has 2 amide bonds. The molecule has 0 saturated carbocycles. The van der Waals surface area contributed by atoms with Crippen LogP contribution in [0.25, 0.3) is 0 Å². The minimum absolute atomic E-state index is 0.0702. The second kappa shape index (κ2) is 7.90. The maximum atomic E-state index is 12.4. The summed E-state index contributed by atoms with van der Waals surface area (Å²) in [5, 5.41) is 2.20. The molecule has 0 saturated heterocycles. The van der Waals surface area contributed by atoms with Crippen LogP contribution < -0.4 is 10.0 Å². The SMILES string of the molecule is CCOC(=O)c1ccccc1S(=O)(=O)NC(=O)Nc1nccc(Cl)n1. The fourth-order valence-corrected chi connectivity index (χ4v) is 3.02. The van der Waals surface area contributed by atoms with Gasteiger partial charge in [-0.1, -0.05) is 23.7 Å². The molecule has 1 aromatic carbocycles. The van der Waals surface area contributed by atoms with Crippen molar-refractivity contribution in [3.8, 4) is 0 Å². The Kier molecular flexibility index (Phi) is 5.88. The van der Waals surface area contributed by atoms with Crippen molar-refractivity contribution in [3.05, 3.63) is 47.2 Å². The maximum absolute atomic E-state index is 12.4. The fourth-order valence-electron chi connectivity index (χ4n) is 1.78. The summed E-state index contributed by atoms with van der Waals surface area (Å²) in [4.78, 5) is 30.8. The molecular formula is C14H13ClN4O5S. The molecule has 0 fully saturated rings. The molecule has 132 valence electrons. The third-order valence-corrected chi connectivity index (χ3v) is 4.35. The molecule has 1 heterocycles. The van der Waals surface area contributed by atoms with Gasteiger partial charge in [-0.15, -0.1) is 0 Å². The van der Waals surface area contributed by atoms with E-state index in [4.69, 9.17) is 16.3 Å². The lowest BCUT2D eigenvalue weighted by atomic mass is 10.2. The molecule has 0 aliphatic heterocycles. The fraction of sp³-hybridized carbons (Fsp3) is 0.143. The van der Waals surface area contributed by atoms with Crippen LogP contribution in [-0.2, 0) is 14.8 Å². The van der Waals surface area contributed by atoms with E-state index >= 15 is 0 Å². The van der Waals surface area contributed by atoms with Crippen molar-refractivity contribution >= 4 is 39.6 Å². The smallest absolute Gasteiger partial charge is 0.339 e. The van der Waals surface area contributed by atoms with E-state index in [9.17, 15) is 18.0 Å². The molecule has 0 spiro atoms. The van der Waals surface area contributed by atoms with Crippen molar-refractivity contribution in [2.45, 2.75) is 11.8 Å². The number of aromatic nitrogens is 2. The highest BCUT2D eigenvalue weighted by Gasteiger charge is 2.25. The molecule has 0 aliphatic carbocycles. The number of amides is 2. The number of hydrogen-bond acceptors (Lipinski definition) is 7. The van der Waals surface area contributed by atoms with Crippen LogP contribution in [0.1, 0.15) is 17.3 Å². The monoisotopic (exact) mass is 384 g/mol. The van der Waals surface area contributed by atoms with E-state index in [0.29, 0.717) is 0 Å². The van der Waals surface area contributed by atoms with E-state index in [1.54, 1.807) is 11.6 Å². The van der Waals surface area contributed by atoms with Crippen molar-refractivity contribution < 1.29 is 22.7 Å². The van der Waals surface area contributed by atoms with E-state index in [1.165, 1.54) is 36.5 Å². The summed E-state index contributed by atoms with van der Waals surface area (Å²) in [6.45, 7) is 1.67. The van der Waals surface area contributed by atoms with Gasteiger partial charge in [-0.25, -0.2) is 32.7 Å². The zero-order valence-electron chi connectivity index (χ0n) is 12.9. The maximum Gasteiger partial charge on any atom is 0.339 e. The number of halogens is 1. The molecule has 11 heteroatoms. The Bertz CT molecular complexity index is 904. The van der Waals surface area contributed by atoms with Crippen molar-refractivity contribution in [1.29, 1.82) is 0 Å². The van der Waals surface area contributed by atoms with Crippen LogP contribution in [0.3, 0.4) is 0 Å². The molecular weight excluding hydrogens is 372 g/mol. The number of carbonyl (C=O) groups is 2. The molecule has 2 N–H and O–H groups in total. The number of hydrogen-bond donors (Lipinski definition) is 2. The zero-order valence-corrected chi connectivity index (χ0v) is 14.5. The average molecular weight is 385 g/mol. The van der Waals surface area contributed by atoms with E-state index in [-0.39, 0.29) is 23.3 Å². The molecule has 25 heavy (non-hydrogen) atoms. The number of ether oxygens (including phenoxy) is 1. The Labute approximate surface area is 148 Å². The molecule has 9 nitrogen and oxygen atoms in total. The molecule has 0 bridgehead atoms. The summed E-state index contributed by atoms with van der Waals surface area (Å²) in [5.41, 5.74) is -0.191. The number of benzene rings is 1. The third kappa shape index (κ3) is 4.88. The van der Waals surface area contributed by atoms with Crippen LogP contribution in [-0.4, -0.2) is 37.0 Å². The first-order valence-corrected chi connectivity index (χ1v) is 8.78. The van der Waals surface area contributed by atoms with Crippen LogP contribution in [0.2, 0.25) is 5.15 Å². The number of anilines is 1. The topological polar surface area (TPSA) is 127 Å². The summed E-state index contributed by atoms with van der Waals surface area (Å²) < 4.78 is 31.3. The average Bonchev–Trinajstić information content (AvgIpc) is 2.54. The Morgan fingerprint density at radius 2 is 1.96 bits per heavy atom. The predicted octanol–water partition coefficient (Wildman–Crippen LogP) is 1.82. The van der Waals surface area contributed by atoms with E-state index < -0.39 is 26.9 Å². The molecule has 0 unspecified atom stereocenters. The quantitative estimate of drug-likeness (QED) is 0.594. The summed E-state index contributed by atoms with van der Waals surface area (Å²) in [6.07, 6.45) is 1.29. The van der Waals surface area contributed by atoms with Crippen LogP contribution in [0.15, 0.2) is 41.4 Å². The number of nitrogens with zero attached hydrogens (tertiary/aromatic N) is 2. The lowest BCUT2D eigenvalue weighted by molar-refractivity contribution is 0.0521. The number of nitrogens with one attached hydrogen (secondary N) is 2. The minimum atomic E-state index is -4.34. The molecule has 0 radical (unpaired) electrons. The third-order valence-electron chi connectivity index (χ3n) is 2.75. The van der Waals surface area contributed by atoms with Gasteiger partial charge in [0.1, 0.15) is 10.0 Å². The van der Waals surface area contributed by atoms with Crippen molar-refractivity contribution in [2.75, 3.05) is 11.9 Å². The van der Waals surface area contributed by atoms with Crippen LogP contribution >= 0.6 is 11.6 Å². The minimum Gasteiger partial charge on any atom is -0.462 e. The number of esters is 1.